The fraction of sp³-hybridized carbons (Fsp3) is 0.625. The predicted octanol–water partition coefficient (Wildman–Crippen LogP) is 0.310. The van der Waals surface area contributed by atoms with Gasteiger partial charge in [-0.15, -0.1) is 0 Å². The molecule has 0 heterocycles. The zero-order chi connectivity index (χ0) is 9.72. The van der Waals surface area contributed by atoms with Gasteiger partial charge in [0, 0.05) is 20.0 Å². The van der Waals surface area contributed by atoms with Gasteiger partial charge < -0.3 is 16.4 Å². The maximum Gasteiger partial charge on any atom is 0.0984 e. The molecule has 70 valence electrons. The van der Waals surface area contributed by atoms with Gasteiger partial charge in [0.1, 0.15) is 0 Å². The fourth-order valence-electron chi connectivity index (χ4n) is 0.865. The minimum absolute atomic E-state index is 0.169. The molecule has 0 bridgehead atoms. The van der Waals surface area contributed by atoms with Crippen molar-refractivity contribution < 1.29 is 0 Å². The largest absolute Gasteiger partial charge is 0.386 e. The SMILES string of the molecule is CC(CC=C(N)N)C(=N)N(C)C. The minimum Gasteiger partial charge on any atom is -0.386 e. The smallest absolute Gasteiger partial charge is 0.0984 e. The Morgan fingerprint density at radius 2 is 2.00 bits per heavy atom. The third-order valence-electron chi connectivity index (χ3n) is 1.66. The molecule has 12 heavy (non-hydrogen) atoms. The normalized spacial score (nSPS) is 11.9. The Hall–Kier alpha value is -1.19. The van der Waals surface area contributed by atoms with Crippen molar-refractivity contribution in [3.63, 3.8) is 0 Å². The van der Waals surface area contributed by atoms with Crippen molar-refractivity contribution in [1.29, 1.82) is 5.41 Å². The molecule has 0 aliphatic heterocycles. The molecular formula is C8H18N4. The highest BCUT2D eigenvalue weighted by Crippen LogP contribution is 2.06. The Morgan fingerprint density at radius 3 is 2.33 bits per heavy atom. The van der Waals surface area contributed by atoms with Crippen LogP contribution in [0.15, 0.2) is 11.9 Å². The molecule has 0 saturated carbocycles. The molecule has 0 aliphatic carbocycles. The molecule has 1 unspecified atom stereocenters. The van der Waals surface area contributed by atoms with Gasteiger partial charge in [-0.1, -0.05) is 6.92 Å². The summed E-state index contributed by atoms with van der Waals surface area (Å²) in [6.45, 7) is 1.97. The third kappa shape index (κ3) is 3.85. The maximum atomic E-state index is 7.61. The molecule has 4 nitrogen and oxygen atoms in total. The van der Waals surface area contributed by atoms with Crippen LogP contribution in [0, 0.1) is 11.3 Å². The summed E-state index contributed by atoms with van der Waals surface area (Å²) in [7, 11) is 3.71. The lowest BCUT2D eigenvalue weighted by Crippen LogP contribution is -2.27. The number of hydrogen-bond acceptors (Lipinski definition) is 3. The number of nitrogens with two attached hydrogens (primary N) is 2. The summed E-state index contributed by atoms with van der Waals surface area (Å²) in [4.78, 5) is 1.78. The van der Waals surface area contributed by atoms with Gasteiger partial charge in [-0.2, -0.15) is 0 Å². The first-order chi connectivity index (χ1) is 5.45. The van der Waals surface area contributed by atoms with Crippen molar-refractivity contribution in [3.05, 3.63) is 11.9 Å². The fourth-order valence-corrected chi connectivity index (χ4v) is 0.865. The van der Waals surface area contributed by atoms with Crippen LogP contribution < -0.4 is 11.5 Å². The number of nitrogens with one attached hydrogen (secondary N) is 1. The van der Waals surface area contributed by atoms with E-state index >= 15 is 0 Å². The van der Waals surface area contributed by atoms with E-state index in [2.05, 4.69) is 0 Å². The van der Waals surface area contributed by atoms with Gasteiger partial charge in [-0.05, 0) is 12.5 Å². The van der Waals surface area contributed by atoms with Crippen LogP contribution in [0.3, 0.4) is 0 Å². The van der Waals surface area contributed by atoms with Gasteiger partial charge in [0.25, 0.3) is 0 Å². The van der Waals surface area contributed by atoms with Crippen LogP contribution in [-0.2, 0) is 0 Å². The summed E-state index contributed by atoms with van der Waals surface area (Å²) in [6.07, 6.45) is 2.46. The number of hydrogen-bond donors (Lipinski definition) is 3. The second kappa shape index (κ2) is 4.64. The van der Waals surface area contributed by atoms with Crippen molar-refractivity contribution in [2.45, 2.75) is 13.3 Å². The summed E-state index contributed by atoms with van der Waals surface area (Å²) in [5, 5.41) is 7.61. The molecule has 1 atom stereocenters. The molecule has 0 aromatic heterocycles. The van der Waals surface area contributed by atoms with Crippen molar-refractivity contribution in [1.82, 2.24) is 4.90 Å². The molecule has 0 aromatic rings. The van der Waals surface area contributed by atoms with Crippen LogP contribution in [0.4, 0.5) is 0 Å². The summed E-state index contributed by atoms with van der Waals surface area (Å²) >= 11 is 0. The zero-order valence-electron chi connectivity index (χ0n) is 7.96. The Kier molecular flexibility index (Phi) is 4.18. The van der Waals surface area contributed by atoms with Crippen molar-refractivity contribution in [3.8, 4) is 0 Å². The van der Waals surface area contributed by atoms with Crippen molar-refractivity contribution >= 4 is 5.84 Å². The highest BCUT2D eigenvalue weighted by atomic mass is 15.1. The quantitative estimate of drug-likeness (QED) is 0.421. The summed E-state index contributed by atoms with van der Waals surface area (Å²) < 4.78 is 0. The van der Waals surface area contributed by atoms with E-state index in [1.54, 1.807) is 11.0 Å². The topological polar surface area (TPSA) is 79.1 Å². The summed E-state index contributed by atoms with van der Waals surface area (Å²) in [6, 6.07) is 0. The van der Waals surface area contributed by atoms with E-state index < -0.39 is 0 Å². The molecule has 0 radical (unpaired) electrons. The van der Waals surface area contributed by atoms with E-state index in [0.717, 1.165) is 6.42 Å². The number of amidine groups is 1. The Bertz CT molecular complexity index is 179. The molecule has 0 aliphatic rings. The monoisotopic (exact) mass is 170 g/mol. The molecule has 4 heteroatoms. The lowest BCUT2D eigenvalue weighted by Gasteiger charge is -2.18. The summed E-state index contributed by atoms with van der Waals surface area (Å²) in [5.41, 5.74) is 10.5. The Balaban J connectivity index is 3.96. The number of nitrogens with zero attached hydrogens (tertiary/aromatic N) is 1. The van der Waals surface area contributed by atoms with Crippen molar-refractivity contribution in [2.75, 3.05) is 14.1 Å². The average Bonchev–Trinajstić information content (AvgIpc) is 1.98. The lowest BCUT2D eigenvalue weighted by atomic mass is 10.1. The summed E-state index contributed by atoms with van der Waals surface area (Å²) in [5.74, 6) is 1.09. The maximum absolute atomic E-state index is 7.61. The van der Waals surface area contributed by atoms with Crippen molar-refractivity contribution in [2.24, 2.45) is 17.4 Å². The van der Waals surface area contributed by atoms with Gasteiger partial charge in [0.15, 0.2) is 0 Å². The predicted molar refractivity (Wildman–Crippen MR) is 51.7 cm³/mol. The van der Waals surface area contributed by atoms with Gasteiger partial charge in [0.2, 0.25) is 0 Å². The van der Waals surface area contributed by atoms with Gasteiger partial charge in [-0.25, -0.2) is 0 Å². The van der Waals surface area contributed by atoms with Crippen LogP contribution in [0.5, 0.6) is 0 Å². The first-order valence-electron chi connectivity index (χ1n) is 3.92. The minimum atomic E-state index is 0.169. The molecule has 0 spiro atoms. The van der Waals surface area contributed by atoms with E-state index in [9.17, 15) is 0 Å². The molecule has 0 amide bonds. The Labute approximate surface area is 73.7 Å². The number of allylic oxidation sites excluding steroid dienone is 1. The molecule has 5 N–H and O–H groups in total. The number of rotatable bonds is 3. The van der Waals surface area contributed by atoms with Gasteiger partial charge >= 0.3 is 0 Å². The second-order valence-corrected chi connectivity index (χ2v) is 3.12. The van der Waals surface area contributed by atoms with Crippen LogP contribution in [0.2, 0.25) is 0 Å². The van der Waals surface area contributed by atoms with Crippen LogP contribution >= 0.6 is 0 Å². The standard InChI is InChI=1S/C8H18N4/c1-6(4-5-7(9)10)8(11)12(2)3/h5-6,11H,4,9-10H2,1-3H3. The van der Waals surface area contributed by atoms with Crippen LogP contribution in [0.25, 0.3) is 0 Å². The molecule has 0 saturated heterocycles. The van der Waals surface area contributed by atoms with Crippen LogP contribution in [-0.4, -0.2) is 24.8 Å². The highest BCUT2D eigenvalue weighted by molar-refractivity contribution is 5.80. The first kappa shape index (κ1) is 10.8. The van der Waals surface area contributed by atoms with E-state index in [-0.39, 0.29) is 5.92 Å². The highest BCUT2D eigenvalue weighted by Gasteiger charge is 2.08. The zero-order valence-corrected chi connectivity index (χ0v) is 7.96. The molecule has 0 rings (SSSR count). The van der Waals surface area contributed by atoms with Gasteiger partial charge in [-0.3, -0.25) is 5.41 Å². The molecular weight excluding hydrogens is 152 g/mol. The average molecular weight is 170 g/mol. The van der Waals surface area contributed by atoms with E-state index in [4.69, 9.17) is 16.9 Å². The Morgan fingerprint density at radius 1 is 1.50 bits per heavy atom. The van der Waals surface area contributed by atoms with Gasteiger partial charge in [0.05, 0.1) is 11.7 Å². The van der Waals surface area contributed by atoms with E-state index in [0.29, 0.717) is 11.7 Å². The van der Waals surface area contributed by atoms with E-state index in [1.165, 1.54) is 0 Å². The van der Waals surface area contributed by atoms with E-state index in [1.807, 2.05) is 21.0 Å². The lowest BCUT2D eigenvalue weighted by molar-refractivity contribution is 0.555. The first-order valence-corrected chi connectivity index (χ1v) is 3.92. The second-order valence-electron chi connectivity index (χ2n) is 3.12. The molecule has 0 aromatic carbocycles. The van der Waals surface area contributed by atoms with Crippen LogP contribution in [0.1, 0.15) is 13.3 Å². The third-order valence-corrected chi connectivity index (χ3v) is 1.66. The molecule has 0 fully saturated rings.